The monoisotopic (exact) mass is 283 g/mol. The van der Waals surface area contributed by atoms with Gasteiger partial charge in [-0.3, -0.25) is 0 Å². The highest BCUT2D eigenvalue weighted by atomic mass is 79.9. The molecule has 1 unspecified atom stereocenters. The summed E-state index contributed by atoms with van der Waals surface area (Å²) in [6, 6.07) is 3.32. The van der Waals surface area contributed by atoms with Crippen molar-refractivity contribution < 1.29 is 4.74 Å². The normalized spacial score (nSPS) is 12.7. The third-order valence-electron chi connectivity index (χ3n) is 1.57. The molecule has 0 amide bonds. The maximum atomic E-state index is 5.93. The van der Waals surface area contributed by atoms with Crippen molar-refractivity contribution in [2.75, 3.05) is 7.11 Å². The summed E-state index contributed by atoms with van der Waals surface area (Å²) in [5, 5.41) is 1.03. The van der Waals surface area contributed by atoms with E-state index < -0.39 is 0 Å². The number of methoxy groups -OCH3 is 1. The number of benzene rings is 1. The summed E-state index contributed by atoms with van der Waals surface area (Å²) in [7, 11) is 1.53. The highest BCUT2D eigenvalue weighted by Gasteiger charge is 2.11. The van der Waals surface area contributed by atoms with Crippen molar-refractivity contribution in [1.29, 1.82) is 0 Å². The van der Waals surface area contributed by atoms with Crippen LogP contribution in [0.4, 0.5) is 0 Å². The zero-order valence-electron chi connectivity index (χ0n) is 6.85. The second kappa shape index (κ2) is 4.51. The van der Waals surface area contributed by atoms with Crippen LogP contribution in [-0.2, 0) is 0 Å². The third kappa shape index (κ3) is 2.50. The van der Waals surface area contributed by atoms with Crippen LogP contribution in [0.2, 0.25) is 10.0 Å². The van der Waals surface area contributed by atoms with E-state index in [1.54, 1.807) is 12.1 Å². The Morgan fingerprint density at radius 2 is 2.00 bits per heavy atom. The average Bonchev–Trinajstić information content (AvgIpc) is 2.07. The van der Waals surface area contributed by atoms with Crippen molar-refractivity contribution >= 4 is 39.1 Å². The largest absolute Gasteiger partial charge is 0.495 e. The average molecular weight is 285 g/mol. The molecule has 1 rings (SSSR count). The molecule has 0 aliphatic heterocycles. The second-order valence-electron chi connectivity index (χ2n) is 2.41. The smallest absolute Gasteiger partial charge is 0.138 e. The summed E-state index contributed by atoms with van der Waals surface area (Å²) in [5.41, 5.74) is 6.35. The molecule has 0 aliphatic rings. The fourth-order valence-corrected chi connectivity index (χ4v) is 1.94. The van der Waals surface area contributed by atoms with Crippen molar-refractivity contribution in [3.63, 3.8) is 0 Å². The van der Waals surface area contributed by atoms with E-state index in [-0.39, 0.29) is 4.95 Å². The number of hydrogen-bond acceptors (Lipinski definition) is 2. The van der Waals surface area contributed by atoms with Gasteiger partial charge < -0.3 is 10.5 Å². The maximum Gasteiger partial charge on any atom is 0.138 e. The first kappa shape index (κ1) is 11.1. The molecule has 2 nitrogen and oxygen atoms in total. The molecule has 0 fully saturated rings. The van der Waals surface area contributed by atoms with E-state index in [0.717, 1.165) is 5.56 Å². The van der Waals surface area contributed by atoms with Crippen molar-refractivity contribution in [3.8, 4) is 5.75 Å². The van der Waals surface area contributed by atoms with E-state index in [9.17, 15) is 0 Å². The topological polar surface area (TPSA) is 35.2 Å². The predicted octanol–water partition coefficient (Wildman–Crippen LogP) is 3.35. The first-order valence-electron chi connectivity index (χ1n) is 3.49. The third-order valence-corrected chi connectivity index (χ3v) is 2.68. The molecule has 0 heterocycles. The van der Waals surface area contributed by atoms with Crippen LogP contribution < -0.4 is 10.5 Å². The zero-order chi connectivity index (χ0) is 10.0. The molecule has 2 N–H and O–H groups in total. The Labute approximate surface area is 95.1 Å². The Bertz CT molecular complexity index is 317. The fraction of sp³-hybridized carbons (Fsp3) is 0.250. The Morgan fingerprint density at radius 3 is 2.46 bits per heavy atom. The van der Waals surface area contributed by atoms with Crippen molar-refractivity contribution in [1.82, 2.24) is 0 Å². The van der Waals surface area contributed by atoms with Gasteiger partial charge in [0.2, 0.25) is 0 Å². The van der Waals surface area contributed by atoms with Crippen LogP contribution in [0.3, 0.4) is 0 Å². The molecule has 5 heteroatoms. The fourth-order valence-electron chi connectivity index (χ4n) is 0.912. The number of alkyl halides is 1. The Balaban J connectivity index is 3.20. The van der Waals surface area contributed by atoms with Crippen LogP contribution in [0.15, 0.2) is 12.1 Å². The van der Waals surface area contributed by atoms with Crippen LogP contribution in [-0.4, -0.2) is 7.11 Å². The molecule has 0 spiro atoms. The van der Waals surface area contributed by atoms with Crippen LogP contribution in [0.25, 0.3) is 0 Å². The standard InChI is InChI=1S/C8H8BrCl2NO/c1-13-7-3-5(10)4(8(9)12)2-6(7)11/h2-3,8H,12H2,1H3. The molecule has 13 heavy (non-hydrogen) atoms. The van der Waals surface area contributed by atoms with Gasteiger partial charge >= 0.3 is 0 Å². The molecule has 0 saturated carbocycles. The molecule has 0 bridgehead atoms. The number of ether oxygens (including phenoxy) is 1. The van der Waals surface area contributed by atoms with Crippen molar-refractivity contribution in [2.45, 2.75) is 4.95 Å². The van der Waals surface area contributed by atoms with Crippen LogP contribution in [0.1, 0.15) is 10.5 Å². The van der Waals surface area contributed by atoms with Gasteiger partial charge in [0.1, 0.15) is 5.75 Å². The SMILES string of the molecule is COc1cc(Cl)c(C(N)Br)cc1Cl. The first-order valence-corrected chi connectivity index (χ1v) is 5.16. The lowest BCUT2D eigenvalue weighted by molar-refractivity contribution is 0.415. The number of halogens is 3. The summed E-state index contributed by atoms with van der Waals surface area (Å²) in [6.45, 7) is 0. The van der Waals surface area contributed by atoms with E-state index in [2.05, 4.69) is 15.9 Å². The minimum Gasteiger partial charge on any atom is -0.495 e. The van der Waals surface area contributed by atoms with Gasteiger partial charge in [0.15, 0.2) is 0 Å². The van der Waals surface area contributed by atoms with Gasteiger partial charge in [-0.1, -0.05) is 39.1 Å². The Hall–Kier alpha value is 0.0400. The highest BCUT2D eigenvalue weighted by molar-refractivity contribution is 9.09. The van der Waals surface area contributed by atoms with Gasteiger partial charge in [-0.05, 0) is 11.6 Å². The zero-order valence-corrected chi connectivity index (χ0v) is 9.95. The minimum atomic E-state index is -0.316. The van der Waals surface area contributed by atoms with Gasteiger partial charge in [0, 0.05) is 11.1 Å². The summed E-state index contributed by atoms with van der Waals surface area (Å²) in [6.07, 6.45) is 0. The molecule has 0 aromatic heterocycles. The molecule has 1 aromatic carbocycles. The minimum absolute atomic E-state index is 0.316. The predicted molar refractivity (Wildman–Crippen MR) is 58.9 cm³/mol. The van der Waals surface area contributed by atoms with Crippen LogP contribution in [0.5, 0.6) is 5.75 Å². The van der Waals surface area contributed by atoms with Gasteiger partial charge in [-0.2, -0.15) is 0 Å². The van der Waals surface area contributed by atoms with E-state index in [4.69, 9.17) is 33.7 Å². The van der Waals surface area contributed by atoms with Crippen molar-refractivity contribution in [2.24, 2.45) is 5.73 Å². The summed E-state index contributed by atoms with van der Waals surface area (Å²) in [5.74, 6) is 0.545. The lowest BCUT2D eigenvalue weighted by Gasteiger charge is -2.10. The van der Waals surface area contributed by atoms with Gasteiger partial charge in [0.05, 0.1) is 17.1 Å². The molecule has 0 radical (unpaired) electrons. The Morgan fingerprint density at radius 1 is 1.38 bits per heavy atom. The first-order chi connectivity index (χ1) is 6.06. The summed E-state index contributed by atoms with van der Waals surface area (Å²) in [4.78, 5) is -0.316. The molecule has 72 valence electrons. The lowest BCUT2D eigenvalue weighted by atomic mass is 10.2. The number of nitrogens with two attached hydrogens (primary N) is 1. The maximum absolute atomic E-state index is 5.93. The lowest BCUT2D eigenvalue weighted by Crippen LogP contribution is -2.02. The molecule has 1 aromatic rings. The highest BCUT2D eigenvalue weighted by Crippen LogP contribution is 2.34. The number of hydrogen-bond donors (Lipinski definition) is 1. The van der Waals surface area contributed by atoms with E-state index in [1.165, 1.54) is 7.11 Å². The van der Waals surface area contributed by atoms with E-state index >= 15 is 0 Å². The molecule has 0 aliphatic carbocycles. The van der Waals surface area contributed by atoms with Crippen molar-refractivity contribution in [3.05, 3.63) is 27.7 Å². The quantitative estimate of drug-likeness (QED) is 0.668. The van der Waals surface area contributed by atoms with Gasteiger partial charge in [-0.25, -0.2) is 0 Å². The Kier molecular flexibility index (Phi) is 3.86. The summed E-state index contributed by atoms with van der Waals surface area (Å²) >= 11 is 15.0. The second-order valence-corrected chi connectivity index (χ2v) is 4.21. The molecule has 0 saturated heterocycles. The molecular weight excluding hydrogens is 277 g/mol. The molecule has 1 atom stereocenters. The number of rotatable bonds is 2. The van der Waals surface area contributed by atoms with E-state index in [0.29, 0.717) is 15.8 Å². The molecular formula is C8H8BrCl2NO. The van der Waals surface area contributed by atoms with Crippen LogP contribution in [0, 0.1) is 0 Å². The van der Waals surface area contributed by atoms with Crippen LogP contribution >= 0.6 is 39.1 Å². The van der Waals surface area contributed by atoms with E-state index in [1.807, 2.05) is 0 Å². The summed E-state index contributed by atoms with van der Waals surface area (Å²) < 4.78 is 4.99. The van der Waals surface area contributed by atoms with Gasteiger partial charge in [-0.15, -0.1) is 0 Å². The van der Waals surface area contributed by atoms with Gasteiger partial charge in [0.25, 0.3) is 0 Å².